The van der Waals surface area contributed by atoms with Gasteiger partial charge < -0.3 is 15.8 Å². The zero-order valence-electron chi connectivity index (χ0n) is 10.7. The Kier molecular flexibility index (Phi) is 3.64. The first kappa shape index (κ1) is 12.6. The summed E-state index contributed by atoms with van der Waals surface area (Å²) >= 11 is 0. The summed E-state index contributed by atoms with van der Waals surface area (Å²) in [5, 5.41) is 11.6. The van der Waals surface area contributed by atoms with Crippen molar-refractivity contribution in [3.05, 3.63) is 18.0 Å². The number of nitrogens with zero attached hydrogens (tertiary/aromatic N) is 4. The number of rotatable bonds is 3. The Balaban J connectivity index is 2.28. The molecule has 3 N–H and O–H groups in total. The van der Waals surface area contributed by atoms with Crippen LogP contribution in [0.2, 0.25) is 0 Å². The van der Waals surface area contributed by atoms with Crippen molar-refractivity contribution in [3.63, 3.8) is 0 Å². The Morgan fingerprint density at radius 1 is 1.61 bits per heavy atom. The van der Waals surface area contributed by atoms with Crippen molar-refractivity contribution in [3.8, 4) is 0 Å². The Labute approximate surface area is 107 Å². The molecule has 1 aromatic rings. The number of amidine groups is 1. The molecular weight excluding hydrogens is 230 g/mol. The summed E-state index contributed by atoms with van der Waals surface area (Å²) in [6, 6.07) is 2.10. The SMILES string of the molecule is CC(C)C1CCCN1c1nccc(/C(N)=N/O)n1. The van der Waals surface area contributed by atoms with Crippen molar-refractivity contribution in [1.82, 2.24) is 9.97 Å². The van der Waals surface area contributed by atoms with E-state index in [2.05, 4.69) is 33.9 Å². The number of aromatic nitrogens is 2. The van der Waals surface area contributed by atoms with Crippen molar-refractivity contribution in [2.75, 3.05) is 11.4 Å². The Hall–Kier alpha value is -1.85. The Bertz CT molecular complexity index is 446. The topological polar surface area (TPSA) is 87.6 Å². The molecule has 0 bridgehead atoms. The van der Waals surface area contributed by atoms with Crippen molar-refractivity contribution in [1.29, 1.82) is 0 Å². The lowest BCUT2D eigenvalue weighted by molar-refractivity contribution is 0.318. The van der Waals surface area contributed by atoms with Gasteiger partial charge in [-0.25, -0.2) is 9.97 Å². The van der Waals surface area contributed by atoms with Crippen LogP contribution in [0.15, 0.2) is 17.4 Å². The Morgan fingerprint density at radius 3 is 3.06 bits per heavy atom. The summed E-state index contributed by atoms with van der Waals surface area (Å²) in [6.45, 7) is 5.37. The van der Waals surface area contributed by atoms with Crippen LogP contribution in [-0.2, 0) is 0 Å². The summed E-state index contributed by atoms with van der Waals surface area (Å²) in [7, 11) is 0. The predicted octanol–water partition coefficient (Wildman–Crippen LogP) is 1.20. The molecule has 98 valence electrons. The highest BCUT2D eigenvalue weighted by molar-refractivity contribution is 5.95. The summed E-state index contributed by atoms with van der Waals surface area (Å²) in [6.07, 6.45) is 3.96. The van der Waals surface area contributed by atoms with Gasteiger partial charge in [-0.05, 0) is 24.8 Å². The molecule has 1 fully saturated rings. The van der Waals surface area contributed by atoms with Crippen LogP contribution in [-0.4, -0.2) is 33.6 Å². The van der Waals surface area contributed by atoms with E-state index in [9.17, 15) is 0 Å². The van der Waals surface area contributed by atoms with Crippen LogP contribution in [0.3, 0.4) is 0 Å². The number of hydrogen-bond acceptors (Lipinski definition) is 5. The monoisotopic (exact) mass is 249 g/mol. The van der Waals surface area contributed by atoms with E-state index in [0.717, 1.165) is 19.4 Å². The van der Waals surface area contributed by atoms with Crippen LogP contribution >= 0.6 is 0 Å². The van der Waals surface area contributed by atoms with E-state index in [0.29, 0.717) is 23.6 Å². The molecule has 6 nitrogen and oxygen atoms in total. The normalized spacial score (nSPS) is 20.7. The second-order valence-corrected chi connectivity index (χ2v) is 4.87. The maximum absolute atomic E-state index is 8.67. The van der Waals surface area contributed by atoms with E-state index in [1.807, 2.05) is 0 Å². The van der Waals surface area contributed by atoms with E-state index in [-0.39, 0.29) is 5.84 Å². The van der Waals surface area contributed by atoms with Crippen LogP contribution in [0.5, 0.6) is 0 Å². The number of nitrogens with two attached hydrogens (primary N) is 1. The fourth-order valence-electron chi connectivity index (χ4n) is 2.41. The number of hydrogen-bond donors (Lipinski definition) is 2. The van der Waals surface area contributed by atoms with E-state index < -0.39 is 0 Å². The minimum Gasteiger partial charge on any atom is -0.409 e. The molecule has 1 saturated heterocycles. The molecule has 0 aromatic carbocycles. The molecule has 0 amide bonds. The van der Waals surface area contributed by atoms with Crippen LogP contribution in [0.4, 0.5) is 5.95 Å². The minimum absolute atomic E-state index is 0.0129. The maximum atomic E-state index is 8.67. The lowest BCUT2D eigenvalue weighted by Crippen LogP contribution is -2.35. The molecule has 0 radical (unpaired) electrons. The minimum atomic E-state index is 0.0129. The predicted molar refractivity (Wildman–Crippen MR) is 69.7 cm³/mol. The summed E-state index contributed by atoms with van der Waals surface area (Å²) in [5.74, 6) is 1.23. The fraction of sp³-hybridized carbons (Fsp3) is 0.583. The van der Waals surface area contributed by atoms with E-state index in [1.54, 1.807) is 12.3 Å². The highest BCUT2D eigenvalue weighted by atomic mass is 16.4. The average Bonchev–Trinajstić information content (AvgIpc) is 2.87. The molecule has 0 spiro atoms. The third-order valence-electron chi connectivity index (χ3n) is 3.34. The molecule has 0 aliphatic carbocycles. The van der Waals surface area contributed by atoms with Gasteiger partial charge in [0.2, 0.25) is 5.95 Å². The van der Waals surface area contributed by atoms with Crippen LogP contribution in [0, 0.1) is 5.92 Å². The van der Waals surface area contributed by atoms with E-state index in [1.165, 1.54) is 0 Å². The molecule has 2 heterocycles. The molecule has 1 unspecified atom stereocenters. The molecule has 6 heteroatoms. The largest absolute Gasteiger partial charge is 0.409 e. The summed E-state index contributed by atoms with van der Waals surface area (Å²) in [5.41, 5.74) is 6.00. The summed E-state index contributed by atoms with van der Waals surface area (Å²) < 4.78 is 0. The number of oxime groups is 1. The molecule has 2 rings (SSSR count). The maximum Gasteiger partial charge on any atom is 0.226 e. The van der Waals surface area contributed by atoms with Gasteiger partial charge in [0.15, 0.2) is 5.84 Å². The van der Waals surface area contributed by atoms with Crippen LogP contribution in [0.1, 0.15) is 32.4 Å². The lowest BCUT2D eigenvalue weighted by atomic mass is 10.0. The third kappa shape index (κ3) is 2.37. The van der Waals surface area contributed by atoms with E-state index in [4.69, 9.17) is 10.9 Å². The molecule has 0 saturated carbocycles. The molecule has 1 aromatic heterocycles. The van der Waals surface area contributed by atoms with Gasteiger partial charge in [0.25, 0.3) is 0 Å². The van der Waals surface area contributed by atoms with Gasteiger partial charge in [0.05, 0.1) is 0 Å². The Morgan fingerprint density at radius 2 is 2.39 bits per heavy atom. The quantitative estimate of drug-likeness (QED) is 0.364. The smallest absolute Gasteiger partial charge is 0.226 e. The van der Waals surface area contributed by atoms with Crippen molar-refractivity contribution < 1.29 is 5.21 Å². The molecule has 1 atom stereocenters. The van der Waals surface area contributed by atoms with Gasteiger partial charge in [-0.2, -0.15) is 0 Å². The van der Waals surface area contributed by atoms with E-state index >= 15 is 0 Å². The van der Waals surface area contributed by atoms with Gasteiger partial charge in [-0.1, -0.05) is 19.0 Å². The highest BCUT2D eigenvalue weighted by Crippen LogP contribution is 2.27. The molecule has 1 aliphatic rings. The number of anilines is 1. The second kappa shape index (κ2) is 5.20. The van der Waals surface area contributed by atoms with Crippen LogP contribution in [0.25, 0.3) is 0 Å². The first-order chi connectivity index (χ1) is 8.63. The lowest BCUT2D eigenvalue weighted by Gasteiger charge is -2.27. The zero-order chi connectivity index (χ0) is 13.1. The highest BCUT2D eigenvalue weighted by Gasteiger charge is 2.29. The zero-order valence-corrected chi connectivity index (χ0v) is 10.7. The van der Waals surface area contributed by atoms with Gasteiger partial charge in [0.1, 0.15) is 5.69 Å². The van der Waals surface area contributed by atoms with Crippen LogP contribution < -0.4 is 10.6 Å². The third-order valence-corrected chi connectivity index (χ3v) is 3.34. The van der Waals surface area contributed by atoms with Crippen molar-refractivity contribution >= 4 is 11.8 Å². The van der Waals surface area contributed by atoms with Gasteiger partial charge >= 0.3 is 0 Å². The standard InChI is InChI=1S/C12H19N5O/c1-8(2)10-4-3-7-17(10)12-14-6-5-9(15-12)11(13)16-18/h5-6,8,10,18H,3-4,7H2,1-2H3,(H2,13,16). The molecular formula is C12H19N5O. The average molecular weight is 249 g/mol. The van der Waals surface area contributed by atoms with Crippen molar-refractivity contribution in [2.24, 2.45) is 16.8 Å². The summed E-state index contributed by atoms with van der Waals surface area (Å²) in [4.78, 5) is 10.9. The van der Waals surface area contributed by atoms with Gasteiger partial charge in [0, 0.05) is 18.8 Å². The fourth-order valence-corrected chi connectivity index (χ4v) is 2.41. The van der Waals surface area contributed by atoms with Gasteiger partial charge in [-0.3, -0.25) is 0 Å². The first-order valence-corrected chi connectivity index (χ1v) is 6.21. The second-order valence-electron chi connectivity index (χ2n) is 4.87. The molecule has 1 aliphatic heterocycles. The first-order valence-electron chi connectivity index (χ1n) is 6.21. The van der Waals surface area contributed by atoms with Gasteiger partial charge in [-0.15, -0.1) is 0 Å². The molecule has 18 heavy (non-hydrogen) atoms. The van der Waals surface area contributed by atoms with Crippen molar-refractivity contribution in [2.45, 2.75) is 32.7 Å².